The van der Waals surface area contributed by atoms with Crippen LogP contribution in [0.1, 0.15) is 323 Å². The van der Waals surface area contributed by atoms with Crippen LogP contribution < -0.4 is 0 Å². The van der Waals surface area contributed by atoms with Gasteiger partial charge in [-0.3, -0.25) is 14.4 Å². The van der Waals surface area contributed by atoms with E-state index in [2.05, 4.69) is 112 Å². The van der Waals surface area contributed by atoms with Gasteiger partial charge in [0.05, 0.1) is 0 Å². The van der Waals surface area contributed by atoms with Gasteiger partial charge in [-0.15, -0.1) is 0 Å². The summed E-state index contributed by atoms with van der Waals surface area (Å²) >= 11 is 0. The number of unbranched alkanes of at least 4 members (excludes halogenated alkanes) is 33. The van der Waals surface area contributed by atoms with E-state index in [4.69, 9.17) is 14.2 Å². The molecule has 0 aliphatic carbocycles. The minimum absolute atomic E-state index is 0.109. The van der Waals surface area contributed by atoms with Gasteiger partial charge in [-0.2, -0.15) is 0 Å². The second kappa shape index (κ2) is 65.8. The third-order valence-corrected chi connectivity index (χ3v) is 14.3. The first-order valence-electron chi connectivity index (χ1n) is 33.2. The topological polar surface area (TPSA) is 78.9 Å². The van der Waals surface area contributed by atoms with Crippen LogP contribution in [0.3, 0.4) is 0 Å². The Morgan fingerprint density at radius 2 is 0.551 bits per heavy atom. The molecule has 6 nitrogen and oxygen atoms in total. The van der Waals surface area contributed by atoms with E-state index in [0.29, 0.717) is 19.3 Å². The lowest BCUT2D eigenvalue weighted by molar-refractivity contribution is -0.166. The third kappa shape index (κ3) is 63.2. The summed E-state index contributed by atoms with van der Waals surface area (Å²) in [5.74, 6) is -0.997. The molecule has 0 saturated heterocycles. The zero-order valence-corrected chi connectivity index (χ0v) is 51.4. The van der Waals surface area contributed by atoms with Gasteiger partial charge in [0.15, 0.2) is 6.10 Å². The maximum absolute atomic E-state index is 12.8. The second-order valence-corrected chi connectivity index (χ2v) is 22.0. The maximum Gasteiger partial charge on any atom is 0.306 e. The van der Waals surface area contributed by atoms with E-state index < -0.39 is 12.1 Å². The first kappa shape index (κ1) is 74.3. The van der Waals surface area contributed by atoms with Crippen LogP contribution in [0.25, 0.3) is 0 Å². The Bertz CT molecular complexity index is 1530. The molecular formula is C72H124O6. The smallest absolute Gasteiger partial charge is 0.306 e. The number of hydrogen-bond donors (Lipinski definition) is 0. The van der Waals surface area contributed by atoms with Crippen LogP contribution >= 0.6 is 0 Å². The summed E-state index contributed by atoms with van der Waals surface area (Å²) < 4.78 is 16.8. The van der Waals surface area contributed by atoms with Crippen molar-refractivity contribution in [3.8, 4) is 0 Å². The second-order valence-electron chi connectivity index (χ2n) is 22.0. The molecule has 0 aromatic carbocycles. The van der Waals surface area contributed by atoms with Crippen LogP contribution in [0.2, 0.25) is 0 Å². The van der Waals surface area contributed by atoms with Crippen molar-refractivity contribution in [2.45, 2.75) is 329 Å². The fraction of sp³-hybridized carbons (Fsp3) is 0.736. The van der Waals surface area contributed by atoms with Crippen molar-refractivity contribution in [2.75, 3.05) is 13.2 Å². The Morgan fingerprint density at radius 3 is 0.885 bits per heavy atom. The van der Waals surface area contributed by atoms with Gasteiger partial charge in [0.2, 0.25) is 0 Å². The molecule has 1 atom stereocenters. The molecule has 0 spiro atoms. The zero-order chi connectivity index (χ0) is 56.4. The molecule has 0 aliphatic heterocycles. The summed E-state index contributed by atoms with van der Waals surface area (Å²) in [4.78, 5) is 38.2. The minimum atomic E-state index is -0.821. The van der Waals surface area contributed by atoms with Crippen molar-refractivity contribution in [3.05, 3.63) is 97.2 Å². The highest BCUT2D eigenvalue weighted by molar-refractivity contribution is 5.71. The van der Waals surface area contributed by atoms with E-state index in [0.717, 1.165) is 96.3 Å². The van der Waals surface area contributed by atoms with Crippen LogP contribution in [-0.2, 0) is 28.6 Å². The van der Waals surface area contributed by atoms with Crippen molar-refractivity contribution in [1.29, 1.82) is 0 Å². The van der Waals surface area contributed by atoms with Crippen molar-refractivity contribution < 1.29 is 28.6 Å². The van der Waals surface area contributed by atoms with Crippen molar-refractivity contribution in [1.82, 2.24) is 0 Å². The summed E-state index contributed by atoms with van der Waals surface area (Å²) in [6.45, 7) is 6.42. The molecule has 0 radical (unpaired) electrons. The van der Waals surface area contributed by atoms with Gasteiger partial charge in [-0.1, -0.05) is 298 Å². The molecule has 0 fully saturated rings. The standard InChI is InChI=1S/C72H124O6/c1-4-7-10-13-16-19-22-24-26-28-30-31-32-33-34-35-36-37-38-39-40-41-43-44-46-48-50-53-56-59-62-65-71(74)77-68-69(67-76-70(73)64-61-58-55-52-21-18-15-12-9-6-3)78-72(75)66-63-60-57-54-51-49-47-45-42-29-27-25-23-20-17-14-11-8-5-2/h8,11-12,15,17,20,25,27-28,30,42,45,49,51,57,60,69H,4-7,9-10,13-14,16,18-19,21-24,26,29,31-41,43-44,46-48,50,52-56,58-59,61-68H2,1-3H3/b11-8-,15-12-,20-17-,27-25-,30-28-,45-42-,51-49-,60-57-. The van der Waals surface area contributed by atoms with E-state index in [1.165, 1.54) is 180 Å². The quantitative estimate of drug-likeness (QED) is 0.0261. The summed E-state index contributed by atoms with van der Waals surface area (Å²) in [6, 6.07) is 0. The third-order valence-electron chi connectivity index (χ3n) is 14.3. The Morgan fingerprint density at radius 1 is 0.269 bits per heavy atom. The van der Waals surface area contributed by atoms with E-state index in [-0.39, 0.29) is 31.6 Å². The number of allylic oxidation sites excluding steroid dienone is 16. The van der Waals surface area contributed by atoms with Crippen LogP contribution in [0, 0.1) is 0 Å². The normalized spacial score (nSPS) is 12.7. The molecule has 0 aromatic rings. The Balaban J connectivity index is 4.20. The number of hydrogen-bond acceptors (Lipinski definition) is 6. The molecule has 448 valence electrons. The van der Waals surface area contributed by atoms with Crippen molar-refractivity contribution in [2.24, 2.45) is 0 Å². The Kier molecular flexibility index (Phi) is 62.7. The summed E-state index contributed by atoms with van der Waals surface area (Å²) in [5, 5.41) is 0. The number of carbonyl (C=O) groups is 3. The molecule has 0 heterocycles. The molecule has 6 heteroatoms. The van der Waals surface area contributed by atoms with Gasteiger partial charge >= 0.3 is 17.9 Å². The molecule has 78 heavy (non-hydrogen) atoms. The van der Waals surface area contributed by atoms with Crippen LogP contribution in [0.5, 0.6) is 0 Å². The fourth-order valence-electron chi connectivity index (χ4n) is 9.35. The lowest BCUT2D eigenvalue weighted by atomic mass is 10.0. The summed E-state index contributed by atoms with van der Waals surface area (Å²) in [5.41, 5.74) is 0. The highest BCUT2D eigenvalue weighted by Gasteiger charge is 2.19. The predicted molar refractivity (Wildman–Crippen MR) is 339 cm³/mol. The SMILES string of the molecule is CC/C=C\C/C=C\C/C=C\C/C=C\C/C=C\C/C=C\CCC(=O)OC(COC(=O)CCCCCCC/C=C\CCC)COC(=O)CCCCCCCCCCCCCCCCCCCCC/C=C\CCCCCCCCCC. The average molecular weight is 1090 g/mol. The van der Waals surface area contributed by atoms with Gasteiger partial charge in [0.25, 0.3) is 0 Å². The number of carbonyl (C=O) groups excluding carboxylic acids is 3. The maximum atomic E-state index is 12.8. The van der Waals surface area contributed by atoms with Crippen LogP contribution in [0.15, 0.2) is 97.2 Å². The summed E-state index contributed by atoms with van der Waals surface area (Å²) in [7, 11) is 0. The molecule has 0 bridgehead atoms. The minimum Gasteiger partial charge on any atom is -0.462 e. The van der Waals surface area contributed by atoms with E-state index in [9.17, 15) is 14.4 Å². The molecule has 1 unspecified atom stereocenters. The van der Waals surface area contributed by atoms with Gasteiger partial charge < -0.3 is 14.2 Å². The lowest BCUT2D eigenvalue weighted by Crippen LogP contribution is -2.30. The van der Waals surface area contributed by atoms with Crippen LogP contribution in [-0.4, -0.2) is 37.2 Å². The van der Waals surface area contributed by atoms with Gasteiger partial charge in [-0.05, 0) is 103 Å². The number of esters is 3. The summed E-state index contributed by atoms with van der Waals surface area (Å²) in [6.07, 6.45) is 88.9. The van der Waals surface area contributed by atoms with Gasteiger partial charge in [0.1, 0.15) is 13.2 Å². The number of rotatable bonds is 60. The Labute approximate surface area is 483 Å². The van der Waals surface area contributed by atoms with Crippen molar-refractivity contribution in [3.63, 3.8) is 0 Å². The highest BCUT2D eigenvalue weighted by Crippen LogP contribution is 2.17. The zero-order valence-electron chi connectivity index (χ0n) is 51.4. The Hall–Kier alpha value is -3.67. The first-order valence-corrected chi connectivity index (χ1v) is 33.2. The van der Waals surface area contributed by atoms with E-state index in [1.54, 1.807) is 0 Å². The molecule has 0 aliphatic rings. The van der Waals surface area contributed by atoms with Crippen molar-refractivity contribution >= 4 is 17.9 Å². The largest absolute Gasteiger partial charge is 0.462 e. The molecule has 0 rings (SSSR count). The first-order chi connectivity index (χ1) is 38.5. The predicted octanol–water partition coefficient (Wildman–Crippen LogP) is 22.8. The highest BCUT2D eigenvalue weighted by atomic mass is 16.6. The van der Waals surface area contributed by atoms with Crippen LogP contribution in [0.4, 0.5) is 0 Å². The monoisotopic (exact) mass is 1080 g/mol. The molecule has 0 amide bonds. The van der Waals surface area contributed by atoms with Gasteiger partial charge in [0, 0.05) is 19.3 Å². The lowest BCUT2D eigenvalue weighted by Gasteiger charge is -2.18. The molecular weight excluding hydrogens is 961 g/mol. The van der Waals surface area contributed by atoms with Gasteiger partial charge in [-0.25, -0.2) is 0 Å². The molecule has 0 aromatic heterocycles. The van der Waals surface area contributed by atoms with E-state index in [1.807, 2.05) is 6.08 Å². The molecule has 0 N–H and O–H groups in total. The molecule has 0 saturated carbocycles. The fourth-order valence-corrected chi connectivity index (χ4v) is 9.35. The van der Waals surface area contributed by atoms with E-state index >= 15 is 0 Å². The number of ether oxygens (including phenoxy) is 3. The average Bonchev–Trinajstić information content (AvgIpc) is 3.44.